The average Bonchev–Trinajstić information content (AvgIpc) is 1.90. The van der Waals surface area contributed by atoms with E-state index in [9.17, 15) is 4.21 Å². The van der Waals surface area contributed by atoms with Gasteiger partial charge in [-0.1, -0.05) is 6.08 Å². The van der Waals surface area contributed by atoms with Crippen LogP contribution in [0.5, 0.6) is 0 Å². The first-order chi connectivity index (χ1) is 4.33. The summed E-state index contributed by atoms with van der Waals surface area (Å²) in [6.45, 7) is 0. The Kier molecular flexibility index (Phi) is 1.85. The summed E-state index contributed by atoms with van der Waals surface area (Å²) in [4.78, 5) is 0.823. The molecule has 0 amide bonds. The summed E-state index contributed by atoms with van der Waals surface area (Å²) in [7, 11) is 0. The van der Waals surface area contributed by atoms with Gasteiger partial charge >= 0.3 is 0 Å². The van der Waals surface area contributed by atoms with E-state index in [2.05, 4.69) is 0 Å². The summed E-state index contributed by atoms with van der Waals surface area (Å²) in [6.07, 6.45) is 6.02. The van der Waals surface area contributed by atoms with E-state index in [1.54, 1.807) is 12.2 Å². The molecule has 2 N–H and O–H groups in total. The van der Waals surface area contributed by atoms with Crippen LogP contribution in [-0.4, -0.2) is 9.07 Å². The predicted molar refractivity (Wildman–Crippen MR) is 39.2 cm³/mol. The van der Waals surface area contributed by atoms with Crippen molar-refractivity contribution in [2.24, 2.45) is 5.73 Å². The molecule has 1 rings (SSSR count). The van der Waals surface area contributed by atoms with E-state index in [4.69, 9.17) is 5.73 Å². The van der Waals surface area contributed by atoms with Crippen molar-refractivity contribution < 1.29 is 4.21 Å². The summed E-state index contributed by atoms with van der Waals surface area (Å²) in [6, 6.07) is 0. The fourth-order valence-electron chi connectivity index (χ4n) is 0.605. The van der Waals surface area contributed by atoms with Gasteiger partial charge in [-0.05, 0) is 12.2 Å². The van der Waals surface area contributed by atoms with E-state index in [0.29, 0.717) is 17.7 Å². The second-order valence-electron chi connectivity index (χ2n) is 1.79. The highest BCUT2D eigenvalue weighted by molar-refractivity contribution is 7.66. The Hall–Kier alpha value is -0.830. The van der Waals surface area contributed by atoms with Gasteiger partial charge < -0.3 is 5.73 Å². The first kappa shape index (κ1) is 6.29. The highest BCUT2D eigenvalue weighted by Gasteiger charge is 1.96. The molecule has 0 saturated carbocycles. The lowest BCUT2D eigenvalue weighted by Gasteiger charge is -1.99. The van der Waals surface area contributed by atoms with Crippen LogP contribution in [0.3, 0.4) is 0 Å². The van der Waals surface area contributed by atoms with Gasteiger partial charge in [-0.25, -0.2) is 4.21 Å². The number of allylic oxidation sites excluding steroid dienone is 3. The van der Waals surface area contributed by atoms with Crippen LogP contribution in [0.15, 0.2) is 23.9 Å². The third-order valence-electron chi connectivity index (χ3n) is 1.11. The number of hydrogen-bond acceptors (Lipinski definition) is 2. The maximum atomic E-state index is 10.1. The van der Waals surface area contributed by atoms with E-state index >= 15 is 0 Å². The summed E-state index contributed by atoms with van der Waals surface area (Å²) in [5, 5.41) is 0. The molecule has 1 aliphatic carbocycles. The highest BCUT2D eigenvalue weighted by Crippen LogP contribution is 2.00. The zero-order valence-electron chi connectivity index (χ0n) is 4.83. The summed E-state index contributed by atoms with van der Waals surface area (Å²) >= 11 is 0.527. The summed E-state index contributed by atoms with van der Waals surface area (Å²) in [5.41, 5.74) is 6.14. The Morgan fingerprint density at radius 2 is 2.33 bits per heavy atom. The largest absolute Gasteiger partial charge is 0.399 e. The molecule has 0 aromatic carbocycles. The standard InChI is InChI=1S/C6H7NOS/c7-5-1-3-6(9-8)4-2-5/h1-3H,4,7H2. The van der Waals surface area contributed by atoms with Crippen molar-refractivity contribution in [1.29, 1.82) is 0 Å². The van der Waals surface area contributed by atoms with Gasteiger partial charge in [0.15, 0.2) is 0 Å². The molecule has 0 aromatic rings. The third-order valence-corrected chi connectivity index (χ3v) is 1.62. The molecule has 0 heterocycles. The minimum absolute atomic E-state index is 0.527. The number of nitrogens with two attached hydrogens (primary N) is 1. The van der Waals surface area contributed by atoms with E-state index in [0.717, 1.165) is 10.6 Å². The Morgan fingerprint density at radius 1 is 1.56 bits per heavy atom. The fourth-order valence-corrected chi connectivity index (χ4v) is 0.880. The van der Waals surface area contributed by atoms with Crippen molar-refractivity contribution in [3.8, 4) is 0 Å². The van der Waals surface area contributed by atoms with Crippen LogP contribution in [0.2, 0.25) is 0 Å². The zero-order valence-corrected chi connectivity index (χ0v) is 5.65. The highest BCUT2D eigenvalue weighted by atomic mass is 32.1. The Bertz CT molecular complexity index is 223. The van der Waals surface area contributed by atoms with Gasteiger partial charge in [0.2, 0.25) is 0 Å². The number of rotatable bonds is 0. The summed E-state index contributed by atoms with van der Waals surface area (Å²) in [5.74, 6) is 0. The van der Waals surface area contributed by atoms with Gasteiger partial charge in [0.1, 0.15) is 0 Å². The molecule has 1 aliphatic rings. The topological polar surface area (TPSA) is 43.1 Å². The molecular formula is C6H7NOS. The molecule has 0 saturated heterocycles. The van der Waals surface area contributed by atoms with Gasteiger partial charge in [-0.15, -0.1) is 0 Å². The molecule has 2 nitrogen and oxygen atoms in total. The van der Waals surface area contributed by atoms with Crippen LogP contribution in [0.4, 0.5) is 0 Å². The van der Waals surface area contributed by atoms with Crippen molar-refractivity contribution in [2.75, 3.05) is 0 Å². The van der Waals surface area contributed by atoms with Crippen molar-refractivity contribution in [1.82, 2.24) is 0 Å². The Morgan fingerprint density at radius 3 is 2.78 bits per heavy atom. The second-order valence-corrected chi connectivity index (χ2v) is 2.48. The Labute approximate surface area is 57.1 Å². The minimum atomic E-state index is 0.527. The first-order valence-corrected chi connectivity index (χ1v) is 3.36. The van der Waals surface area contributed by atoms with Crippen molar-refractivity contribution >= 4 is 16.1 Å². The van der Waals surface area contributed by atoms with Gasteiger partial charge in [0, 0.05) is 17.0 Å². The van der Waals surface area contributed by atoms with Gasteiger partial charge in [0.25, 0.3) is 0 Å². The molecule has 0 radical (unpaired) electrons. The molecule has 0 atom stereocenters. The molecule has 48 valence electrons. The van der Waals surface area contributed by atoms with Crippen LogP contribution in [0.1, 0.15) is 6.42 Å². The molecule has 0 unspecified atom stereocenters. The quantitative estimate of drug-likeness (QED) is 0.489. The Balaban J connectivity index is 2.81. The molecule has 9 heavy (non-hydrogen) atoms. The monoisotopic (exact) mass is 141 g/mol. The first-order valence-electron chi connectivity index (χ1n) is 2.62. The summed E-state index contributed by atoms with van der Waals surface area (Å²) < 4.78 is 10.1. The van der Waals surface area contributed by atoms with E-state index in [1.807, 2.05) is 6.08 Å². The van der Waals surface area contributed by atoms with Crippen LogP contribution in [0, 0.1) is 0 Å². The molecule has 0 fully saturated rings. The van der Waals surface area contributed by atoms with Crippen LogP contribution < -0.4 is 5.73 Å². The normalized spacial score (nSPS) is 17.3. The average molecular weight is 141 g/mol. The molecule has 0 aromatic heterocycles. The second kappa shape index (κ2) is 2.64. The maximum Gasteiger partial charge on any atom is 0.0923 e. The number of hydrogen-bond donors (Lipinski definition) is 1. The smallest absolute Gasteiger partial charge is 0.0923 e. The van der Waals surface area contributed by atoms with Crippen LogP contribution in [-0.2, 0) is 11.3 Å². The molecular weight excluding hydrogens is 134 g/mol. The molecule has 0 spiro atoms. The molecule has 3 heteroatoms. The lowest BCUT2D eigenvalue weighted by atomic mass is 10.1. The van der Waals surface area contributed by atoms with Crippen molar-refractivity contribution in [3.05, 3.63) is 23.9 Å². The predicted octanol–water partition coefficient (Wildman–Crippen LogP) is 0.174. The minimum Gasteiger partial charge on any atom is -0.399 e. The lowest BCUT2D eigenvalue weighted by Crippen LogP contribution is -2.02. The van der Waals surface area contributed by atoms with Gasteiger partial charge in [0.05, 0.1) is 11.3 Å². The van der Waals surface area contributed by atoms with Crippen molar-refractivity contribution in [2.45, 2.75) is 6.42 Å². The van der Waals surface area contributed by atoms with E-state index < -0.39 is 0 Å². The van der Waals surface area contributed by atoms with E-state index in [-0.39, 0.29) is 0 Å². The SMILES string of the molecule is NC1=CCC(=S=O)C=C1. The van der Waals surface area contributed by atoms with E-state index in [1.165, 1.54) is 0 Å². The molecule has 0 aliphatic heterocycles. The third kappa shape index (κ3) is 1.54. The lowest BCUT2D eigenvalue weighted by molar-refractivity contribution is 0.701. The van der Waals surface area contributed by atoms with Crippen LogP contribution in [0.25, 0.3) is 0 Å². The van der Waals surface area contributed by atoms with Gasteiger partial charge in [-0.3, -0.25) is 0 Å². The molecule has 0 bridgehead atoms. The van der Waals surface area contributed by atoms with Crippen LogP contribution >= 0.6 is 0 Å². The maximum absolute atomic E-state index is 10.1. The van der Waals surface area contributed by atoms with Gasteiger partial charge in [-0.2, -0.15) is 0 Å². The zero-order chi connectivity index (χ0) is 6.69. The van der Waals surface area contributed by atoms with Crippen molar-refractivity contribution in [3.63, 3.8) is 0 Å². The fraction of sp³-hybridized carbons (Fsp3) is 0.167.